The van der Waals surface area contributed by atoms with E-state index in [9.17, 15) is 4.79 Å². The summed E-state index contributed by atoms with van der Waals surface area (Å²) in [6, 6.07) is 10.1. The van der Waals surface area contributed by atoms with Gasteiger partial charge in [-0.2, -0.15) is 0 Å². The second-order valence-electron chi connectivity index (χ2n) is 6.15. The van der Waals surface area contributed by atoms with Crippen LogP contribution in [0, 0.1) is 6.92 Å². The number of methoxy groups -OCH3 is 1. The zero-order valence-electron chi connectivity index (χ0n) is 14.5. The van der Waals surface area contributed by atoms with Crippen LogP contribution in [0.1, 0.15) is 30.5 Å². The summed E-state index contributed by atoms with van der Waals surface area (Å²) in [6.07, 6.45) is 0. The fraction of sp³-hybridized carbons (Fsp3) is 0.368. The Balaban J connectivity index is 2.33. The highest BCUT2D eigenvalue weighted by Gasteiger charge is 2.20. The molecule has 0 aliphatic rings. The number of fused-ring (bicyclic) bond motifs is 1. The average Bonchev–Trinajstić information content (AvgIpc) is 2.91. The van der Waals surface area contributed by atoms with Gasteiger partial charge < -0.3 is 4.74 Å². The molecule has 0 saturated heterocycles. The predicted molar refractivity (Wildman–Crippen MR) is 100 cm³/mol. The summed E-state index contributed by atoms with van der Waals surface area (Å²) in [5.41, 5.74) is 2.11. The van der Waals surface area contributed by atoms with Crippen LogP contribution in [0.15, 0.2) is 35.1 Å². The molecule has 0 amide bonds. The van der Waals surface area contributed by atoms with Gasteiger partial charge >= 0.3 is 0 Å². The summed E-state index contributed by atoms with van der Waals surface area (Å²) in [6.45, 7) is 7.21. The molecule has 5 heteroatoms. The average molecular weight is 342 g/mol. The lowest BCUT2D eigenvalue weighted by atomic mass is 10.0. The van der Waals surface area contributed by atoms with Crippen molar-refractivity contribution in [2.45, 2.75) is 33.2 Å². The molecule has 2 aromatic heterocycles. The number of hydrogen-bond donors (Lipinski definition) is 0. The third-order valence-electron chi connectivity index (χ3n) is 4.12. The van der Waals surface area contributed by atoms with Crippen LogP contribution in [0.2, 0.25) is 0 Å². The quantitative estimate of drug-likeness (QED) is 0.698. The first-order valence-corrected chi connectivity index (χ1v) is 8.94. The van der Waals surface area contributed by atoms with Crippen LogP contribution in [-0.2, 0) is 11.3 Å². The van der Waals surface area contributed by atoms with Gasteiger partial charge in [-0.25, -0.2) is 4.98 Å². The summed E-state index contributed by atoms with van der Waals surface area (Å²) >= 11 is 1.60. The Morgan fingerprint density at radius 1 is 1.25 bits per heavy atom. The molecule has 0 spiro atoms. The molecule has 0 fully saturated rings. The molecular formula is C19H22N2O2S. The van der Waals surface area contributed by atoms with Gasteiger partial charge in [-0.15, -0.1) is 11.3 Å². The second-order valence-corrected chi connectivity index (χ2v) is 7.36. The number of aryl methyl sites for hydroxylation is 1. The van der Waals surface area contributed by atoms with Crippen molar-refractivity contribution in [3.05, 3.63) is 51.4 Å². The van der Waals surface area contributed by atoms with Crippen LogP contribution >= 0.6 is 11.3 Å². The molecule has 0 unspecified atom stereocenters. The Bertz CT molecular complexity index is 911. The number of benzene rings is 1. The fourth-order valence-electron chi connectivity index (χ4n) is 3.00. The molecule has 0 bridgehead atoms. The fourth-order valence-corrected chi connectivity index (χ4v) is 4.05. The van der Waals surface area contributed by atoms with E-state index in [1.807, 2.05) is 30.3 Å². The number of aromatic nitrogens is 2. The molecule has 0 radical (unpaired) electrons. The Hall–Kier alpha value is -1.98. The number of hydrogen-bond acceptors (Lipinski definition) is 4. The molecule has 3 rings (SSSR count). The maximum absolute atomic E-state index is 13.2. The maximum Gasteiger partial charge on any atom is 0.263 e. The van der Waals surface area contributed by atoms with Crippen molar-refractivity contribution in [3.63, 3.8) is 0 Å². The molecule has 126 valence electrons. The Morgan fingerprint density at radius 2 is 1.96 bits per heavy atom. The topological polar surface area (TPSA) is 44.1 Å². The van der Waals surface area contributed by atoms with Crippen LogP contribution < -0.4 is 5.56 Å². The van der Waals surface area contributed by atoms with Gasteiger partial charge in [0.05, 0.1) is 18.5 Å². The van der Waals surface area contributed by atoms with Crippen molar-refractivity contribution < 1.29 is 4.74 Å². The molecule has 24 heavy (non-hydrogen) atoms. The van der Waals surface area contributed by atoms with E-state index in [0.717, 1.165) is 32.0 Å². The summed E-state index contributed by atoms with van der Waals surface area (Å²) in [7, 11) is 1.65. The Labute approximate surface area is 145 Å². The molecule has 3 aromatic rings. The Morgan fingerprint density at radius 3 is 2.58 bits per heavy atom. The molecule has 0 aliphatic carbocycles. The zero-order valence-corrected chi connectivity index (χ0v) is 15.3. The van der Waals surface area contributed by atoms with Crippen molar-refractivity contribution in [3.8, 4) is 11.1 Å². The number of rotatable bonds is 5. The lowest BCUT2D eigenvalue weighted by Crippen LogP contribution is -2.27. The molecule has 2 heterocycles. The summed E-state index contributed by atoms with van der Waals surface area (Å²) in [5, 5.41) is 0.726. The molecular weight excluding hydrogens is 320 g/mol. The minimum absolute atomic E-state index is 0.0314. The van der Waals surface area contributed by atoms with Crippen molar-refractivity contribution in [2.75, 3.05) is 13.7 Å². The van der Waals surface area contributed by atoms with Crippen molar-refractivity contribution >= 4 is 21.6 Å². The zero-order chi connectivity index (χ0) is 17.3. The molecule has 0 atom stereocenters. The molecule has 0 aliphatic heterocycles. The summed E-state index contributed by atoms with van der Waals surface area (Å²) < 4.78 is 6.96. The smallest absolute Gasteiger partial charge is 0.263 e. The second kappa shape index (κ2) is 6.87. The standard InChI is InChI=1S/C19H22N2O2S/c1-12(2)17-20-18-16(19(22)21(17)10-11-23-4)15(13(3)24-18)14-8-6-5-7-9-14/h5-9,12H,10-11H2,1-4H3. The van der Waals surface area contributed by atoms with E-state index in [2.05, 4.69) is 20.8 Å². The third kappa shape index (κ3) is 2.89. The first-order valence-electron chi connectivity index (χ1n) is 8.12. The van der Waals surface area contributed by atoms with Crippen molar-refractivity contribution in [1.82, 2.24) is 9.55 Å². The number of thiophene rings is 1. The lowest BCUT2D eigenvalue weighted by Gasteiger charge is -2.15. The van der Waals surface area contributed by atoms with Gasteiger partial charge in [0.2, 0.25) is 0 Å². The van der Waals surface area contributed by atoms with Gasteiger partial charge in [-0.3, -0.25) is 9.36 Å². The molecule has 1 aromatic carbocycles. The first kappa shape index (κ1) is 16.9. The highest BCUT2D eigenvalue weighted by Crippen LogP contribution is 2.36. The minimum Gasteiger partial charge on any atom is -0.383 e. The SMILES string of the molecule is COCCn1c(C(C)C)nc2sc(C)c(-c3ccccc3)c2c1=O. The van der Waals surface area contributed by atoms with E-state index in [1.165, 1.54) is 0 Å². The van der Waals surface area contributed by atoms with Crippen molar-refractivity contribution in [2.24, 2.45) is 0 Å². The number of nitrogens with zero attached hydrogens (tertiary/aromatic N) is 2. The highest BCUT2D eigenvalue weighted by atomic mass is 32.1. The van der Waals surface area contributed by atoms with Crippen LogP contribution in [0.5, 0.6) is 0 Å². The van der Waals surface area contributed by atoms with E-state index in [1.54, 1.807) is 23.0 Å². The van der Waals surface area contributed by atoms with Crippen LogP contribution in [0.25, 0.3) is 21.3 Å². The minimum atomic E-state index is 0.0314. The maximum atomic E-state index is 13.2. The van der Waals surface area contributed by atoms with Gasteiger partial charge in [0, 0.05) is 23.5 Å². The summed E-state index contributed by atoms with van der Waals surface area (Å²) in [5.74, 6) is 1.01. The van der Waals surface area contributed by atoms with Gasteiger partial charge in [0.1, 0.15) is 10.7 Å². The molecule has 0 N–H and O–H groups in total. The van der Waals surface area contributed by atoms with Crippen molar-refractivity contribution in [1.29, 1.82) is 0 Å². The van der Waals surface area contributed by atoms with E-state index in [0.29, 0.717) is 13.2 Å². The van der Waals surface area contributed by atoms with Crippen LogP contribution in [-0.4, -0.2) is 23.3 Å². The highest BCUT2D eigenvalue weighted by molar-refractivity contribution is 7.19. The molecule has 4 nitrogen and oxygen atoms in total. The Kier molecular flexibility index (Phi) is 4.83. The first-order chi connectivity index (χ1) is 11.5. The monoisotopic (exact) mass is 342 g/mol. The van der Waals surface area contributed by atoms with Gasteiger partial charge in [0.15, 0.2) is 0 Å². The van der Waals surface area contributed by atoms with E-state index < -0.39 is 0 Å². The van der Waals surface area contributed by atoms with Gasteiger partial charge in [-0.1, -0.05) is 44.2 Å². The van der Waals surface area contributed by atoms with E-state index in [-0.39, 0.29) is 11.5 Å². The summed E-state index contributed by atoms with van der Waals surface area (Å²) in [4.78, 5) is 20.0. The lowest BCUT2D eigenvalue weighted by molar-refractivity contribution is 0.184. The van der Waals surface area contributed by atoms with Gasteiger partial charge in [0.25, 0.3) is 5.56 Å². The molecule has 0 saturated carbocycles. The van der Waals surface area contributed by atoms with E-state index in [4.69, 9.17) is 9.72 Å². The van der Waals surface area contributed by atoms with E-state index >= 15 is 0 Å². The van der Waals surface area contributed by atoms with Gasteiger partial charge in [-0.05, 0) is 12.5 Å². The van der Waals surface area contributed by atoms with Crippen LogP contribution in [0.3, 0.4) is 0 Å². The third-order valence-corrected chi connectivity index (χ3v) is 5.11. The largest absolute Gasteiger partial charge is 0.383 e. The number of ether oxygens (including phenoxy) is 1. The normalized spacial score (nSPS) is 11.5. The van der Waals surface area contributed by atoms with Crippen LogP contribution in [0.4, 0.5) is 0 Å². The predicted octanol–water partition coefficient (Wildman–Crippen LogP) is 4.20.